The summed E-state index contributed by atoms with van der Waals surface area (Å²) in [4.78, 5) is 4.72. The Bertz CT molecular complexity index is 267. The van der Waals surface area contributed by atoms with Gasteiger partial charge in [0.25, 0.3) is 0 Å². The lowest BCUT2D eigenvalue weighted by Gasteiger charge is -2.03. The van der Waals surface area contributed by atoms with Gasteiger partial charge < -0.3 is 4.84 Å². The minimum absolute atomic E-state index is 0.674. The van der Waals surface area contributed by atoms with Crippen molar-refractivity contribution in [1.29, 1.82) is 0 Å². The molecule has 4 heteroatoms. The fraction of sp³-hybridized carbons (Fsp3) is 0.250. The van der Waals surface area contributed by atoms with Crippen LogP contribution in [-0.2, 0) is 11.4 Å². The standard InChI is InChI=1S/C8H9ClINO/c1-12-11-5-6-2-3-8(10)7(9)4-6/h2-4,11H,5H2,1H3. The van der Waals surface area contributed by atoms with E-state index in [2.05, 4.69) is 28.1 Å². The number of halogens is 2. The average molecular weight is 298 g/mol. The zero-order valence-corrected chi connectivity index (χ0v) is 9.52. The van der Waals surface area contributed by atoms with Crippen molar-refractivity contribution < 1.29 is 4.84 Å². The second-order valence-corrected chi connectivity index (χ2v) is 3.84. The molecule has 0 aromatic heterocycles. The average Bonchev–Trinajstić information content (AvgIpc) is 2.07. The highest BCUT2D eigenvalue weighted by molar-refractivity contribution is 14.1. The third kappa shape index (κ3) is 2.90. The molecule has 0 fully saturated rings. The van der Waals surface area contributed by atoms with Gasteiger partial charge in [0, 0.05) is 10.1 Å². The maximum atomic E-state index is 5.92. The lowest BCUT2D eigenvalue weighted by molar-refractivity contribution is 0.0867. The Kier molecular flexibility index (Phi) is 4.28. The summed E-state index contributed by atoms with van der Waals surface area (Å²) in [6.07, 6.45) is 0. The summed E-state index contributed by atoms with van der Waals surface area (Å²) in [6.45, 7) is 0.674. The number of hydrogen-bond acceptors (Lipinski definition) is 2. The summed E-state index contributed by atoms with van der Waals surface area (Å²) in [7, 11) is 1.59. The van der Waals surface area contributed by atoms with E-state index in [1.807, 2.05) is 18.2 Å². The fourth-order valence-corrected chi connectivity index (χ4v) is 1.34. The SMILES string of the molecule is CONCc1ccc(I)c(Cl)c1. The van der Waals surface area contributed by atoms with Crippen molar-refractivity contribution in [3.8, 4) is 0 Å². The number of hydroxylamine groups is 1. The molecule has 0 bridgehead atoms. The van der Waals surface area contributed by atoms with Gasteiger partial charge in [-0.1, -0.05) is 17.7 Å². The van der Waals surface area contributed by atoms with Crippen LogP contribution in [0.1, 0.15) is 5.56 Å². The molecule has 0 saturated carbocycles. The normalized spacial score (nSPS) is 10.2. The van der Waals surface area contributed by atoms with E-state index in [-0.39, 0.29) is 0 Å². The van der Waals surface area contributed by atoms with E-state index < -0.39 is 0 Å². The molecule has 0 heterocycles. The lowest BCUT2D eigenvalue weighted by Crippen LogP contribution is -2.10. The molecular weight excluding hydrogens is 288 g/mol. The van der Waals surface area contributed by atoms with Crippen molar-refractivity contribution in [2.24, 2.45) is 0 Å². The van der Waals surface area contributed by atoms with Crippen molar-refractivity contribution in [2.45, 2.75) is 6.54 Å². The summed E-state index contributed by atoms with van der Waals surface area (Å²) in [6, 6.07) is 5.92. The Balaban J connectivity index is 2.69. The van der Waals surface area contributed by atoms with Crippen molar-refractivity contribution in [2.75, 3.05) is 7.11 Å². The molecule has 1 aromatic rings. The molecule has 0 amide bonds. The lowest BCUT2D eigenvalue weighted by atomic mass is 10.2. The molecule has 0 aliphatic carbocycles. The van der Waals surface area contributed by atoms with Crippen molar-refractivity contribution in [3.63, 3.8) is 0 Å². The molecule has 0 spiro atoms. The zero-order valence-electron chi connectivity index (χ0n) is 6.60. The van der Waals surface area contributed by atoms with Gasteiger partial charge >= 0.3 is 0 Å². The van der Waals surface area contributed by atoms with Crippen LogP contribution in [0.3, 0.4) is 0 Å². The van der Waals surface area contributed by atoms with Gasteiger partial charge in [0.2, 0.25) is 0 Å². The van der Waals surface area contributed by atoms with Crippen LogP contribution in [0.2, 0.25) is 5.02 Å². The summed E-state index contributed by atoms with van der Waals surface area (Å²) in [5.41, 5.74) is 3.86. The zero-order chi connectivity index (χ0) is 8.97. The molecule has 0 saturated heterocycles. The molecule has 1 N–H and O–H groups in total. The van der Waals surface area contributed by atoms with E-state index in [9.17, 15) is 0 Å². The highest BCUT2D eigenvalue weighted by Crippen LogP contribution is 2.19. The first-order chi connectivity index (χ1) is 5.74. The predicted octanol–water partition coefficient (Wildman–Crippen LogP) is 2.60. The highest BCUT2D eigenvalue weighted by atomic mass is 127. The van der Waals surface area contributed by atoms with Gasteiger partial charge in [-0.3, -0.25) is 0 Å². The summed E-state index contributed by atoms with van der Waals surface area (Å²) >= 11 is 8.11. The van der Waals surface area contributed by atoms with Crippen molar-refractivity contribution >= 4 is 34.2 Å². The van der Waals surface area contributed by atoms with Gasteiger partial charge in [0.1, 0.15) is 0 Å². The predicted molar refractivity (Wildman–Crippen MR) is 58.0 cm³/mol. The molecule has 0 aliphatic heterocycles. The minimum Gasteiger partial charge on any atom is -0.305 e. The smallest absolute Gasteiger partial charge is 0.0572 e. The first kappa shape index (κ1) is 10.2. The monoisotopic (exact) mass is 297 g/mol. The van der Waals surface area contributed by atoms with Gasteiger partial charge in [-0.2, -0.15) is 5.48 Å². The van der Waals surface area contributed by atoms with Gasteiger partial charge in [-0.05, 0) is 40.3 Å². The molecule has 12 heavy (non-hydrogen) atoms. The molecule has 0 radical (unpaired) electrons. The molecule has 66 valence electrons. The van der Waals surface area contributed by atoms with Crippen LogP contribution in [0.4, 0.5) is 0 Å². The maximum Gasteiger partial charge on any atom is 0.0572 e. The fourth-order valence-electron chi connectivity index (χ4n) is 0.805. The minimum atomic E-state index is 0.674. The third-order valence-electron chi connectivity index (χ3n) is 1.40. The molecule has 1 aromatic carbocycles. The quantitative estimate of drug-likeness (QED) is 0.684. The van der Waals surface area contributed by atoms with E-state index in [0.717, 1.165) is 14.2 Å². The van der Waals surface area contributed by atoms with Crippen LogP contribution in [0, 0.1) is 3.57 Å². The Morgan fingerprint density at radius 2 is 2.33 bits per heavy atom. The molecule has 0 atom stereocenters. The van der Waals surface area contributed by atoms with Crippen LogP contribution in [-0.4, -0.2) is 7.11 Å². The summed E-state index contributed by atoms with van der Waals surface area (Å²) < 4.78 is 1.07. The van der Waals surface area contributed by atoms with Crippen LogP contribution < -0.4 is 5.48 Å². The van der Waals surface area contributed by atoms with Crippen LogP contribution in [0.15, 0.2) is 18.2 Å². The van der Waals surface area contributed by atoms with Crippen LogP contribution in [0.25, 0.3) is 0 Å². The van der Waals surface area contributed by atoms with Gasteiger partial charge in [0.15, 0.2) is 0 Å². The Morgan fingerprint density at radius 1 is 1.58 bits per heavy atom. The van der Waals surface area contributed by atoms with Gasteiger partial charge in [-0.25, -0.2) is 0 Å². The molecule has 2 nitrogen and oxygen atoms in total. The Labute approximate surface area is 90.3 Å². The topological polar surface area (TPSA) is 21.3 Å². The Hall–Kier alpha value is 0.160. The first-order valence-corrected chi connectivity index (χ1v) is 4.89. The molecular formula is C8H9ClINO. The van der Waals surface area contributed by atoms with Crippen LogP contribution >= 0.6 is 34.2 Å². The summed E-state index contributed by atoms with van der Waals surface area (Å²) in [5.74, 6) is 0. The molecule has 1 rings (SSSR count). The first-order valence-electron chi connectivity index (χ1n) is 3.44. The molecule has 0 aliphatic rings. The second kappa shape index (κ2) is 5.01. The number of benzene rings is 1. The van der Waals surface area contributed by atoms with E-state index in [1.54, 1.807) is 7.11 Å². The molecule has 0 unspecified atom stereocenters. The van der Waals surface area contributed by atoms with E-state index in [1.165, 1.54) is 0 Å². The van der Waals surface area contributed by atoms with Crippen molar-refractivity contribution in [1.82, 2.24) is 5.48 Å². The van der Waals surface area contributed by atoms with E-state index >= 15 is 0 Å². The second-order valence-electron chi connectivity index (χ2n) is 2.27. The highest BCUT2D eigenvalue weighted by Gasteiger charge is 1.97. The Morgan fingerprint density at radius 3 is 2.92 bits per heavy atom. The maximum absolute atomic E-state index is 5.92. The van der Waals surface area contributed by atoms with Gasteiger partial charge in [0.05, 0.1) is 12.1 Å². The van der Waals surface area contributed by atoms with Crippen LogP contribution in [0.5, 0.6) is 0 Å². The largest absolute Gasteiger partial charge is 0.305 e. The van der Waals surface area contributed by atoms with E-state index in [0.29, 0.717) is 6.54 Å². The number of rotatable bonds is 3. The van der Waals surface area contributed by atoms with Crippen molar-refractivity contribution in [3.05, 3.63) is 32.4 Å². The third-order valence-corrected chi connectivity index (χ3v) is 2.98. The number of nitrogens with one attached hydrogen (secondary N) is 1. The summed E-state index contributed by atoms with van der Waals surface area (Å²) in [5, 5.41) is 0.783. The number of hydrogen-bond donors (Lipinski definition) is 1. The van der Waals surface area contributed by atoms with E-state index in [4.69, 9.17) is 16.4 Å². The van der Waals surface area contributed by atoms with Gasteiger partial charge in [-0.15, -0.1) is 0 Å².